The third-order valence-corrected chi connectivity index (χ3v) is 6.52. The maximum absolute atomic E-state index is 12.8. The van der Waals surface area contributed by atoms with E-state index in [1.54, 1.807) is 18.5 Å². The van der Waals surface area contributed by atoms with Crippen LogP contribution in [0.3, 0.4) is 0 Å². The molecule has 0 saturated heterocycles. The first-order valence-corrected chi connectivity index (χ1v) is 11.0. The highest BCUT2D eigenvalue weighted by atomic mass is 35.5. The fourth-order valence-corrected chi connectivity index (χ4v) is 5.15. The third-order valence-electron chi connectivity index (χ3n) is 6.22. The van der Waals surface area contributed by atoms with E-state index in [0.29, 0.717) is 17.2 Å². The first-order chi connectivity index (χ1) is 14.9. The van der Waals surface area contributed by atoms with Gasteiger partial charge in [0, 0.05) is 29.9 Å². The Bertz CT molecular complexity index is 1190. The van der Waals surface area contributed by atoms with Crippen LogP contribution >= 0.6 is 11.6 Å². The zero-order chi connectivity index (χ0) is 21.6. The Morgan fingerprint density at radius 1 is 1.26 bits per heavy atom. The minimum atomic E-state index is -0.280. The molecule has 0 bridgehead atoms. The van der Waals surface area contributed by atoms with Crippen LogP contribution in [0.1, 0.15) is 59.3 Å². The monoisotopic (exact) mass is 436 g/mol. The van der Waals surface area contributed by atoms with Crippen molar-refractivity contribution in [2.75, 3.05) is 5.32 Å². The standard InChI is InChI=1S/C24H25ClN4O2/c1-14-8-16(12-26-11-14)13-27-23(30)19-10-17-9-18(25)21-20(22(17)31-19)24(29-15(2)28-21)6-4-3-5-7-24/h8-12,28-29H,2-7,13H2,1H3,(H,27,30). The number of anilines is 1. The first-order valence-electron chi connectivity index (χ1n) is 10.6. The van der Waals surface area contributed by atoms with Gasteiger partial charge in [0.1, 0.15) is 5.58 Å². The van der Waals surface area contributed by atoms with Gasteiger partial charge in [-0.2, -0.15) is 0 Å². The van der Waals surface area contributed by atoms with Gasteiger partial charge in [-0.25, -0.2) is 0 Å². The summed E-state index contributed by atoms with van der Waals surface area (Å²) in [6.07, 6.45) is 8.92. The van der Waals surface area contributed by atoms with Crippen LogP contribution in [-0.2, 0) is 12.1 Å². The van der Waals surface area contributed by atoms with Gasteiger partial charge in [-0.15, -0.1) is 0 Å². The molecular weight excluding hydrogens is 412 g/mol. The van der Waals surface area contributed by atoms with Gasteiger partial charge in [0.15, 0.2) is 5.76 Å². The van der Waals surface area contributed by atoms with E-state index in [1.807, 2.05) is 19.1 Å². The number of pyridine rings is 1. The lowest BCUT2D eigenvalue weighted by Gasteiger charge is -2.44. The van der Waals surface area contributed by atoms with Crippen molar-refractivity contribution in [3.05, 3.63) is 70.5 Å². The molecule has 0 radical (unpaired) electrons. The Morgan fingerprint density at radius 2 is 2.06 bits per heavy atom. The molecule has 1 fully saturated rings. The molecule has 3 aromatic rings. The summed E-state index contributed by atoms with van der Waals surface area (Å²) in [4.78, 5) is 17.0. The van der Waals surface area contributed by atoms with Gasteiger partial charge in [0.2, 0.25) is 0 Å². The lowest BCUT2D eigenvalue weighted by Crippen LogP contribution is -2.48. The summed E-state index contributed by atoms with van der Waals surface area (Å²) >= 11 is 6.65. The largest absolute Gasteiger partial charge is 0.450 e. The summed E-state index contributed by atoms with van der Waals surface area (Å²) < 4.78 is 6.16. The van der Waals surface area contributed by atoms with Crippen LogP contribution in [0.15, 0.2) is 47.4 Å². The molecule has 0 unspecified atom stereocenters. The molecule has 2 aliphatic rings. The van der Waals surface area contributed by atoms with Crippen molar-refractivity contribution in [3.63, 3.8) is 0 Å². The van der Waals surface area contributed by atoms with Crippen molar-refractivity contribution in [2.24, 2.45) is 0 Å². The molecule has 1 aliphatic heterocycles. The number of aryl methyl sites for hydroxylation is 1. The Kier molecular flexibility index (Phi) is 4.89. The summed E-state index contributed by atoms with van der Waals surface area (Å²) in [5.74, 6) is 0.754. The molecule has 1 spiro atoms. The number of aromatic nitrogens is 1. The number of hydrogen-bond donors (Lipinski definition) is 3. The fourth-order valence-electron chi connectivity index (χ4n) is 4.89. The van der Waals surface area contributed by atoms with Gasteiger partial charge in [-0.3, -0.25) is 9.78 Å². The number of hydrogen-bond acceptors (Lipinski definition) is 5. The second kappa shape index (κ2) is 7.61. The zero-order valence-corrected chi connectivity index (χ0v) is 18.2. The van der Waals surface area contributed by atoms with Gasteiger partial charge in [-0.05, 0) is 43.0 Å². The highest BCUT2D eigenvalue weighted by Crippen LogP contribution is 2.49. The number of nitrogens with zero attached hydrogens (tertiary/aromatic N) is 1. The summed E-state index contributed by atoms with van der Waals surface area (Å²) in [5, 5.41) is 11.2. The van der Waals surface area contributed by atoms with E-state index in [4.69, 9.17) is 16.0 Å². The molecule has 2 aromatic heterocycles. The third kappa shape index (κ3) is 3.55. The first kappa shape index (κ1) is 19.9. The number of benzene rings is 1. The second-order valence-electron chi connectivity index (χ2n) is 8.56. The van der Waals surface area contributed by atoms with Crippen molar-refractivity contribution >= 4 is 34.2 Å². The molecule has 160 valence electrons. The molecule has 1 amide bonds. The van der Waals surface area contributed by atoms with E-state index in [1.165, 1.54) is 6.42 Å². The smallest absolute Gasteiger partial charge is 0.287 e. The van der Waals surface area contributed by atoms with Crippen molar-refractivity contribution in [1.82, 2.24) is 15.6 Å². The number of fused-ring (bicyclic) bond motifs is 4. The van der Waals surface area contributed by atoms with Gasteiger partial charge in [-0.1, -0.05) is 43.5 Å². The van der Waals surface area contributed by atoms with Crippen LogP contribution in [0.2, 0.25) is 5.02 Å². The molecule has 6 nitrogen and oxygen atoms in total. The highest BCUT2D eigenvalue weighted by Gasteiger charge is 2.42. The van der Waals surface area contributed by atoms with E-state index in [0.717, 1.165) is 59.3 Å². The fraction of sp³-hybridized carbons (Fsp3) is 0.333. The molecule has 1 saturated carbocycles. The average Bonchev–Trinajstić information content (AvgIpc) is 3.16. The predicted octanol–water partition coefficient (Wildman–Crippen LogP) is 5.37. The van der Waals surface area contributed by atoms with Gasteiger partial charge in [0.05, 0.1) is 22.1 Å². The SMILES string of the molecule is C=C1Nc2c(Cl)cc3cc(C(=O)NCc4cncc(C)c4)oc3c2C2(CCCCC2)N1. The molecule has 31 heavy (non-hydrogen) atoms. The molecule has 1 aromatic carbocycles. The predicted molar refractivity (Wildman–Crippen MR) is 122 cm³/mol. The number of carbonyl (C=O) groups is 1. The Hall–Kier alpha value is -2.99. The molecule has 1 aliphatic carbocycles. The summed E-state index contributed by atoms with van der Waals surface area (Å²) in [7, 11) is 0. The summed E-state index contributed by atoms with van der Waals surface area (Å²) in [6, 6.07) is 5.62. The Balaban J connectivity index is 1.52. The van der Waals surface area contributed by atoms with Crippen molar-refractivity contribution in [2.45, 2.75) is 51.1 Å². The Labute approximate surface area is 186 Å². The van der Waals surface area contributed by atoms with E-state index >= 15 is 0 Å². The molecule has 5 rings (SSSR count). The van der Waals surface area contributed by atoms with Crippen LogP contribution in [0, 0.1) is 6.92 Å². The van der Waals surface area contributed by atoms with Crippen LogP contribution < -0.4 is 16.0 Å². The van der Waals surface area contributed by atoms with Crippen LogP contribution in [-0.4, -0.2) is 10.9 Å². The Morgan fingerprint density at radius 3 is 2.84 bits per heavy atom. The minimum Gasteiger partial charge on any atom is -0.450 e. The zero-order valence-electron chi connectivity index (χ0n) is 17.5. The molecule has 3 N–H and O–H groups in total. The summed E-state index contributed by atoms with van der Waals surface area (Å²) in [6.45, 7) is 6.46. The van der Waals surface area contributed by atoms with Crippen molar-refractivity contribution in [3.8, 4) is 0 Å². The van der Waals surface area contributed by atoms with E-state index in [-0.39, 0.29) is 17.2 Å². The second-order valence-corrected chi connectivity index (χ2v) is 8.97. The topological polar surface area (TPSA) is 79.2 Å². The normalized spacial score (nSPS) is 17.2. The molecule has 3 heterocycles. The van der Waals surface area contributed by atoms with Gasteiger partial charge < -0.3 is 20.4 Å². The van der Waals surface area contributed by atoms with Crippen LogP contribution in [0.25, 0.3) is 11.0 Å². The number of halogens is 1. The van der Waals surface area contributed by atoms with E-state index in [2.05, 4.69) is 27.5 Å². The number of furan rings is 1. The number of amides is 1. The highest BCUT2D eigenvalue weighted by molar-refractivity contribution is 6.34. The van der Waals surface area contributed by atoms with Crippen LogP contribution in [0.4, 0.5) is 5.69 Å². The summed E-state index contributed by atoms with van der Waals surface area (Å²) in [5.41, 5.74) is 4.25. The lowest BCUT2D eigenvalue weighted by molar-refractivity contribution is 0.0925. The maximum Gasteiger partial charge on any atom is 0.287 e. The maximum atomic E-state index is 12.8. The van der Waals surface area contributed by atoms with E-state index < -0.39 is 0 Å². The molecule has 7 heteroatoms. The van der Waals surface area contributed by atoms with Crippen LogP contribution in [0.5, 0.6) is 0 Å². The van der Waals surface area contributed by atoms with Gasteiger partial charge >= 0.3 is 0 Å². The molecular formula is C24H25ClN4O2. The molecule has 0 atom stereocenters. The lowest BCUT2D eigenvalue weighted by atomic mass is 9.74. The number of carbonyl (C=O) groups excluding carboxylic acids is 1. The van der Waals surface area contributed by atoms with Crippen molar-refractivity contribution < 1.29 is 9.21 Å². The minimum absolute atomic E-state index is 0.263. The van der Waals surface area contributed by atoms with Crippen molar-refractivity contribution in [1.29, 1.82) is 0 Å². The van der Waals surface area contributed by atoms with Gasteiger partial charge in [0.25, 0.3) is 5.91 Å². The number of nitrogens with one attached hydrogen (secondary N) is 3. The average molecular weight is 437 g/mol. The number of rotatable bonds is 3. The quantitative estimate of drug-likeness (QED) is 0.514. The van der Waals surface area contributed by atoms with E-state index in [9.17, 15) is 4.79 Å².